The number of primary sulfonamides is 2. The molecule has 1 amide bonds. The van der Waals surface area contributed by atoms with Gasteiger partial charge < -0.3 is 26.0 Å². The van der Waals surface area contributed by atoms with E-state index in [-0.39, 0.29) is 21.6 Å². The molecular formula is C32H31I2N7O6S2. The second kappa shape index (κ2) is 15.7. The van der Waals surface area contributed by atoms with Crippen LogP contribution in [-0.4, -0.2) is 58.0 Å². The van der Waals surface area contributed by atoms with Crippen molar-refractivity contribution < 1.29 is 26.7 Å². The van der Waals surface area contributed by atoms with Crippen LogP contribution >= 0.6 is 45.2 Å². The van der Waals surface area contributed by atoms with Gasteiger partial charge in [-0.1, -0.05) is 12.1 Å². The number of hydrogen-bond acceptors (Lipinski definition) is 9. The number of carbonyl (C=O) groups is 1. The first-order chi connectivity index (χ1) is 23.0. The molecule has 4 aromatic carbocycles. The lowest BCUT2D eigenvalue weighted by Gasteiger charge is -2.07. The standard InChI is InChI=1S/C15H12IN3O3S.C11H11IN2O.C6H8N2O2S/c16-12-2-1-3-13-14(12)11(15(20)19-13)8-18-9-4-6-10(7-5-9)23(17,21)22;1-14(2)6-7-10-8(12)4-3-5-9(10)13-11(7)15;7-5-1-3-6(4-2-5)11(8,9)10/h1-8,19-20H,(H2,17,21,22);3-6H,1-2H3,(H,13,15);1-4H,7H2,(H2,8,9,10)/b;7-6-;. The van der Waals surface area contributed by atoms with Gasteiger partial charge in [-0.25, -0.2) is 27.1 Å². The first kappa shape index (κ1) is 37.8. The number of nitrogens with zero attached hydrogens (tertiary/aromatic N) is 2. The van der Waals surface area contributed by atoms with E-state index in [1.54, 1.807) is 18.3 Å². The van der Waals surface area contributed by atoms with Gasteiger partial charge in [0.2, 0.25) is 20.0 Å². The van der Waals surface area contributed by atoms with Crippen molar-refractivity contribution in [3.05, 3.63) is 109 Å². The van der Waals surface area contributed by atoms with Gasteiger partial charge in [0.1, 0.15) is 0 Å². The zero-order chi connectivity index (χ0) is 36.1. The monoisotopic (exact) mass is 927 g/mol. The predicted octanol–water partition coefficient (Wildman–Crippen LogP) is 4.94. The molecule has 17 heteroatoms. The zero-order valence-electron chi connectivity index (χ0n) is 25.9. The van der Waals surface area contributed by atoms with Crippen LogP contribution in [0.2, 0.25) is 0 Å². The number of nitrogens with two attached hydrogens (primary N) is 3. The van der Waals surface area contributed by atoms with Crippen LogP contribution in [0.15, 0.2) is 106 Å². The third-order valence-corrected chi connectivity index (χ3v) is 10.3. The molecule has 1 aromatic heterocycles. The molecular weight excluding hydrogens is 896 g/mol. The van der Waals surface area contributed by atoms with E-state index in [4.69, 9.17) is 16.0 Å². The number of benzene rings is 4. The minimum atomic E-state index is -3.72. The Balaban J connectivity index is 0.000000179. The summed E-state index contributed by atoms with van der Waals surface area (Å²) in [4.78, 5) is 20.9. The Morgan fingerprint density at radius 1 is 0.816 bits per heavy atom. The molecule has 0 saturated heterocycles. The lowest BCUT2D eigenvalue weighted by molar-refractivity contribution is -0.110. The van der Waals surface area contributed by atoms with Crippen molar-refractivity contribution in [1.82, 2.24) is 9.88 Å². The topological polar surface area (TPSA) is 227 Å². The number of aromatic hydroxyl groups is 1. The number of nitrogens with one attached hydrogen (secondary N) is 2. The molecule has 0 aliphatic carbocycles. The van der Waals surface area contributed by atoms with E-state index in [1.807, 2.05) is 61.6 Å². The Hall–Kier alpha value is -4.02. The largest absolute Gasteiger partial charge is 0.494 e. The smallest absolute Gasteiger partial charge is 0.257 e. The molecule has 256 valence electrons. The maximum Gasteiger partial charge on any atom is 0.257 e. The van der Waals surface area contributed by atoms with Gasteiger partial charge in [-0.3, -0.25) is 9.79 Å². The summed E-state index contributed by atoms with van der Waals surface area (Å²) in [5, 5.41) is 23.7. The van der Waals surface area contributed by atoms with Crippen molar-refractivity contribution in [2.45, 2.75) is 9.79 Å². The lowest BCUT2D eigenvalue weighted by atomic mass is 10.1. The van der Waals surface area contributed by atoms with Gasteiger partial charge in [0.25, 0.3) is 5.91 Å². The van der Waals surface area contributed by atoms with E-state index in [2.05, 4.69) is 60.5 Å². The number of nitrogen functional groups attached to an aromatic ring is 1. The number of aromatic amines is 1. The number of amides is 1. The van der Waals surface area contributed by atoms with E-state index < -0.39 is 20.0 Å². The van der Waals surface area contributed by atoms with Crippen LogP contribution in [-0.2, 0) is 24.8 Å². The number of aromatic nitrogens is 1. The highest BCUT2D eigenvalue weighted by molar-refractivity contribution is 14.1. The molecule has 13 nitrogen and oxygen atoms in total. The fraction of sp³-hybridized carbons (Fsp3) is 0.0625. The van der Waals surface area contributed by atoms with Crippen LogP contribution in [0.4, 0.5) is 17.1 Å². The Morgan fingerprint density at radius 3 is 1.94 bits per heavy atom. The van der Waals surface area contributed by atoms with Gasteiger partial charge in [0.15, 0.2) is 5.88 Å². The van der Waals surface area contributed by atoms with E-state index in [0.29, 0.717) is 16.9 Å². The van der Waals surface area contributed by atoms with Gasteiger partial charge in [-0.2, -0.15) is 0 Å². The number of halogens is 2. The Bertz CT molecular complexity index is 2290. The fourth-order valence-electron chi connectivity index (χ4n) is 4.45. The summed E-state index contributed by atoms with van der Waals surface area (Å²) in [5.74, 6) is 0.0110. The maximum absolute atomic E-state index is 11.7. The number of rotatable bonds is 5. The van der Waals surface area contributed by atoms with Crippen molar-refractivity contribution in [2.24, 2.45) is 15.3 Å². The highest BCUT2D eigenvalue weighted by Gasteiger charge is 2.26. The molecule has 0 fully saturated rings. The van der Waals surface area contributed by atoms with Crippen molar-refractivity contribution in [2.75, 3.05) is 25.1 Å². The molecule has 0 radical (unpaired) electrons. The second-order valence-corrected chi connectivity index (χ2v) is 16.0. The molecule has 0 unspecified atom stereocenters. The molecule has 0 saturated carbocycles. The van der Waals surface area contributed by atoms with Crippen LogP contribution in [0.3, 0.4) is 0 Å². The Kier molecular flexibility index (Phi) is 12.1. The highest BCUT2D eigenvalue weighted by Crippen LogP contribution is 2.35. The van der Waals surface area contributed by atoms with E-state index >= 15 is 0 Å². The van der Waals surface area contributed by atoms with Gasteiger partial charge in [0.05, 0.1) is 37.8 Å². The molecule has 6 rings (SSSR count). The molecule has 5 aromatic rings. The Morgan fingerprint density at radius 2 is 1.37 bits per heavy atom. The van der Waals surface area contributed by atoms with Crippen molar-refractivity contribution in [3.63, 3.8) is 0 Å². The third kappa shape index (κ3) is 9.79. The Labute approximate surface area is 310 Å². The van der Waals surface area contributed by atoms with Gasteiger partial charge in [-0.05, 0) is 118 Å². The summed E-state index contributed by atoms with van der Waals surface area (Å²) in [6, 6.07) is 23.2. The molecule has 9 N–H and O–H groups in total. The number of hydrogen-bond donors (Lipinski definition) is 6. The minimum Gasteiger partial charge on any atom is -0.494 e. The fourth-order valence-corrected chi connectivity index (χ4v) is 7.05. The van der Waals surface area contributed by atoms with E-state index in [0.717, 1.165) is 34.9 Å². The number of aliphatic imine (C=N–C) groups is 1. The quantitative estimate of drug-likeness (QED) is 0.0611. The first-order valence-electron chi connectivity index (χ1n) is 14.0. The summed E-state index contributed by atoms with van der Waals surface area (Å²) in [5.41, 5.74) is 10.5. The summed E-state index contributed by atoms with van der Waals surface area (Å²) in [6.07, 6.45) is 3.39. The van der Waals surface area contributed by atoms with E-state index in [1.165, 1.54) is 36.4 Å². The van der Waals surface area contributed by atoms with Gasteiger partial charge in [0, 0.05) is 50.3 Å². The average Bonchev–Trinajstić information content (AvgIpc) is 3.52. The average molecular weight is 928 g/mol. The minimum absolute atomic E-state index is 0.0252. The van der Waals surface area contributed by atoms with Crippen LogP contribution in [0.25, 0.3) is 16.5 Å². The van der Waals surface area contributed by atoms with Crippen molar-refractivity contribution >= 4 is 111 Å². The normalized spacial score (nSPS) is 13.3. The number of anilines is 2. The van der Waals surface area contributed by atoms with Gasteiger partial charge in [-0.15, -0.1) is 0 Å². The SMILES string of the molecule is CN(C)/C=C1\C(=O)Nc2cccc(I)c21.NS(=O)(=O)c1ccc(N=Cc2c(O)[nH]c3cccc(I)c23)cc1.Nc1ccc(S(N)(=O)=O)cc1. The summed E-state index contributed by atoms with van der Waals surface area (Å²) < 4.78 is 45.9. The zero-order valence-corrected chi connectivity index (χ0v) is 31.9. The second-order valence-electron chi connectivity index (χ2n) is 10.6. The number of sulfonamides is 2. The molecule has 2 heterocycles. The molecule has 0 atom stereocenters. The molecule has 49 heavy (non-hydrogen) atoms. The summed E-state index contributed by atoms with van der Waals surface area (Å²) in [6.45, 7) is 0. The van der Waals surface area contributed by atoms with Crippen LogP contribution in [0.5, 0.6) is 5.88 Å². The highest BCUT2D eigenvalue weighted by atomic mass is 127. The van der Waals surface area contributed by atoms with Gasteiger partial charge >= 0.3 is 0 Å². The molecule has 0 spiro atoms. The van der Waals surface area contributed by atoms with E-state index in [9.17, 15) is 26.7 Å². The van der Waals surface area contributed by atoms with Crippen molar-refractivity contribution in [1.29, 1.82) is 0 Å². The third-order valence-electron chi connectivity index (χ3n) is 6.67. The van der Waals surface area contributed by atoms with Crippen molar-refractivity contribution in [3.8, 4) is 5.88 Å². The van der Waals surface area contributed by atoms with Crippen LogP contribution in [0, 0.1) is 7.14 Å². The van der Waals surface area contributed by atoms with Crippen LogP contribution in [0.1, 0.15) is 11.1 Å². The summed E-state index contributed by atoms with van der Waals surface area (Å²) in [7, 11) is -3.47. The number of fused-ring (bicyclic) bond motifs is 2. The maximum atomic E-state index is 11.7. The predicted molar refractivity (Wildman–Crippen MR) is 209 cm³/mol. The molecule has 1 aliphatic rings. The lowest BCUT2D eigenvalue weighted by Crippen LogP contribution is -2.11. The van der Waals surface area contributed by atoms with Crippen LogP contribution < -0.4 is 21.3 Å². The summed E-state index contributed by atoms with van der Waals surface area (Å²) >= 11 is 4.44. The molecule has 1 aliphatic heterocycles. The molecule has 0 bridgehead atoms. The number of carbonyl (C=O) groups excluding carboxylic acids is 1. The number of H-pyrrole nitrogens is 1. The first-order valence-corrected chi connectivity index (χ1v) is 19.2.